The maximum atomic E-state index is 6.22. The molecule has 4 heteroatoms. The summed E-state index contributed by atoms with van der Waals surface area (Å²) in [6, 6.07) is 1.95. The molecule has 2 rings (SSSR count). The predicted molar refractivity (Wildman–Crippen MR) is 83.2 cm³/mol. The maximum Gasteiger partial charge on any atom is 0.232 e. The lowest BCUT2D eigenvalue weighted by Crippen LogP contribution is -2.19. The van der Waals surface area contributed by atoms with Gasteiger partial charge in [-0.15, -0.1) is 0 Å². The van der Waals surface area contributed by atoms with E-state index in [1.54, 1.807) is 0 Å². The third-order valence-electron chi connectivity index (χ3n) is 3.74. The number of aromatic nitrogens is 1. The van der Waals surface area contributed by atoms with Crippen LogP contribution in [0, 0.1) is 11.8 Å². The van der Waals surface area contributed by atoms with Gasteiger partial charge in [0.05, 0.1) is 6.61 Å². The van der Waals surface area contributed by atoms with Gasteiger partial charge in [0, 0.05) is 12.7 Å². The fraction of sp³-hybridized carbons (Fsp3) is 0.688. The van der Waals surface area contributed by atoms with Crippen molar-refractivity contribution in [2.24, 2.45) is 11.8 Å². The van der Waals surface area contributed by atoms with E-state index in [0.29, 0.717) is 16.8 Å². The fourth-order valence-corrected chi connectivity index (χ4v) is 2.52. The monoisotopic (exact) mass is 296 g/mol. The van der Waals surface area contributed by atoms with Gasteiger partial charge in [-0.05, 0) is 36.4 Å². The minimum atomic E-state index is 0.568. The van der Waals surface area contributed by atoms with Gasteiger partial charge in [0.25, 0.3) is 0 Å². The summed E-state index contributed by atoms with van der Waals surface area (Å²) in [5.41, 5.74) is 1.10. The van der Waals surface area contributed by atoms with Gasteiger partial charge in [0.15, 0.2) is 0 Å². The van der Waals surface area contributed by atoms with Crippen LogP contribution in [0.3, 0.4) is 0 Å². The molecule has 1 fully saturated rings. The van der Waals surface area contributed by atoms with Crippen LogP contribution in [0.25, 0.3) is 0 Å². The summed E-state index contributed by atoms with van der Waals surface area (Å²) in [6.45, 7) is 6.90. The lowest BCUT2D eigenvalue weighted by molar-refractivity contribution is 0.217. The second-order valence-corrected chi connectivity index (χ2v) is 6.50. The standard InChI is InChI=1S/C16H25ClN2O/c1-12(2)9-18-10-14-8-15(17)16(19-11-14)20-7-6-13-4-3-5-13/h8,11-13,18H,3-7,9-10H2,1-2H3. The Kier molecular flexibility index (Phi) is 6.11. The van der Waals surface area contributed by atoms with Gasteiger partial charge in [-0.1, -0.05) is 44.7 Å². The largest absolute Gasteiger partial charge is 0.477 e. The first-order valence-corrected chi connectivity index (χ1v) is 8.01. The SMILES string of the molecule is CC(C)CNCc1cnc(OCCC2CCC2)c(Cl)c1. The summed E-state index contributed by atoms with van der Waals surface area (Å²) in [6.07, 6.45) is 7.05. The highest BCUT2D eigenvalue weighted by Crippen LogP contribution is 2.30. The van der Waals surface area contributed by atoms with Crippen molar-refractivity contribution >= 4 is 11.6 Å². The Morgan fingerprint density at radius 1 is 1.45 bits per heavy atom. The van der Waals surface area contributed by atoms with Gasteiger partial charge in [0.2, 0.25) is 5.88 Å². The molecular weight excluding hydrogens is 272 g/mol. The smallest absolute Gasteiger partial charge is 0.232 e. The molecule has 1 N–H and O–H groups in total. The molecule has 3 nitrogen and oxygen atoms in total. The zero-order chi connectivity index (χ0) is 14.4. The number of rotatable bonds is 8. The molecule has 0 aromatic carbocycles. The van der Waals surface area contributed by atoms with Crippen molar-refractivity contribution in [3.05, 3.63) is 22.8 Å². The van der Waals surface area contributed by atoms with Crippen molar-refractivity contribution in [1.82, 2.24) is 10.3 Å². The number of hydrogen-bond acceptors (Lipinski definition) is 3. The van der Waals surface area contributed by atoms with E-state index < -0.39 is 0 Å². The molecule has 0 spiro atoms. The van der Waals surface area contributed by atoms with E-state index >= 15 is 0 Å². The molecule has 1 aliphatic carbocycles. The predicted octanol–water partition coefficient (Wildman–Crippen LogP) is 4.05. The normalized spacial score (nSPS) is 15.4. The summed E-state index contributed by atoms with van der Waals surface area (Å²) < 4.78 is 5.68. The summed E-state index contributed by atoms with van der Waals surface area (Å²) >= 11 is 6.22. The van der Waals surface area contributed by atoms with Gasteiger partial charge >= 0.3 is 0 Å². The number of nitrogens with zero attached hydrogens (tertiary/aromatic N) is 1. The Balaban J connectivity index is 1.75. The summed E-state index contributed by atoms with van der Waals surface area (Å²) in [7, 11) is 0. The van der Waals surface area contributed by atoms with Gasteiger partial charge in [-0.2, -0.15) is 0 Å². The van der Waals surface area contributed by atoms with Gasteiger partial charge in [0.1, 0.15) is 5.02 Å². The minimum absolute atomic E-state index is 0.568. The fourth-order valence-electron chi connectivity index (χ4n) is 2.28. The van der Waals surface area contributed by atoms with Crippen LogP contribution in [0.4, 0.5) is 0 Å². The number of hydrogen-bond donors (Lipinski definition) is 1. The van der Waals surface area contributed by atoms with Crippen LogP contribution in [0.5, 0.6) is 5.88 Å². The molecule has 0 unspecified atom stereocenters. The summed E-state index contributed by atoms with van der Waals surface area (Å²) in [4.78, 5) is 4.32. The van der Waals surface area contributed by atoms with Gasteiger partial charge in [-0.3, -0.25) is 0 Å². The Morgan fingerprint density at radius 3 is 2.85 bits per heavy atom. The molecule has 0 radical (unpaired) electrons. The molecule has 0 amide bonds. The Labute approximate surface area is 127 Å². The Morgan fingerprint density at radius 2 is 2.25 bits per heavy atom. The zero-order valence-electron chi connectivity index (χ0n) is 12.5. The van der Waals surface area contributed by atoms with E-state index in [1.807, 2.05) is 12.3 Å². The quantitative estimate of drug-likeness (QED) is 0.786. The lowest BCUT2D eigenvalue weighted by atomic mass is 9.83. The van der Waals surface area contributed by atoms with Crippen molar-refractivity contribution in [3.63, 3.8) is 0 Å². The highest BCUT2D eigenvalue weighted by molar-refractivity contribution is 6.31. The van der Waals surface area contributed by atoms with Crippen molar-refractivity contribution in [2.75, 3.05) is 13.2 Å². The maximum absolute atomic E-state index is 6.22. The lowest BCUT2D eigenvalue weighted by Gasteiger charge is -2.24. The molecule has 1 heterocycles. The molecule has 0 atom stereocenters. The minimum Gasteiger partial charge on any atom is -0.477 e. The van der Waals surface area contributed by atoms with Crippen molar-refractivity contribution < 1.29 is 4.74 Å². The number of nitrogens with one attached hydrogen (secondary N) is 1. The molecule has 20 heavy (non-hydrogen) atoms. The summed E-state index contributed by atoms with van der Waals surface area (Å²) in [5, 5.41) is 4.00. The average molecular weight is 297 g/mol. The van der Waals surface area contributed by atoms with Crippen LogP contribution in [0.15, 0.2) is 12.3 Å². The first kappa shape index (κ1) is 15.6. The molecule has 112 valence electrons. The molecule has 0 aliphatic heterocycles. The van der Waals surface area contributed by atoms with E-state index in [4.69, 9.17) is 16.3 Å². The Hall–Kier alpha value is -0.800. The zero-order valence-corrected chi connectivity index (χ0v) is 13.2. The molecule has 0 saturated heterocycles. The van der Waals surface area contributed by atoms with Crippen molar-refractivity contribution in [2.45, 2.75) is 46.1 Å². The molecular formula is C16H25ClN2O. The average Bonchev–Trinajstić information content (AvgIpc) is 2.34. The highest BCUT2D eigenvalue weighted by atomic mass is 35.5. The van der Waals surface area contributed by atoms with Gasteiger partial charge in [-0.25, -0.2) is 4.98 Å². The van der Waals surface area contributed by atoms with E-state index in [0.717, 1.165) is 37.6 Å². The van der Waals surface area contributed by atoms with Crippen LogP contribution in [0.2, 0.25) is 5.02 Å². The summed E-state index contributed by atoms with van der Waals surface area (Å²) in [5.74, 6) is 2.07. The highest BCUT2D eigenvalue weighted by Gasteiger charge is 2.17. The number of halogens is 1. The third-order valence-corrected chi connectivity index (χ3v) is 4.01. The first-order chi connectivity index (χ1) is 9.65. The second kappa shape index (κ2) is 7.84. The van der Waals surface area contributed by atoms with E-state index in [-0.39, 0.29) is 0 Å². The molecule has 1 saturated carbocycles. The molecule has 1 aromatic heterocycles. The van der Waals surface area contributed by atoms with Crippen molar-refractivity contribution in [1.29, 1.82) is 0 Å². The van der Waals surface area contributed by atoms with E-state index in [1.165, 1.54) is 19.3 Å². The topological polar surface area (TPSA) is 34.2 Å². The number of ether oxygens (including phenoxy) is 1. The van der Waals surface area contributed by atoms with Gasteiger partial charge < -0.3 is 10.1 Å². The van der Waals surface area contributed by atoms with Crippen LogP contribution >= 0.6 is 11.6 Å². The van der Waals surface area contributed by atoms with Crippen LogP contribution in [-0.2, 0) is 6.54 Å². The first-order valence-electron chi connectivity index (χ1n) is 7.63. The Bertz CT molecular complexity index is 419. The molecule has 1 aliphatic rings. The van der Waals surface area contributed by atoms with E-state index in [9.17, 15) is 0 Å². The molecule has 0 bridgehead atoms. The van der Waals surface area contributed by atoms with Crippen molar-refractivity contribution in [3.8, 4) is 5.88 Å². The second-order valence-electron chi connectivity index (χ2n) is 6.09. The van der Waals surface area contributed by atoms with Crippen LogP contribution < -0.4 is 10.1 Å². The van der Waals surface area contributed by atoms with E-state index in [2.05, 4.69) is 24.1 Å². The third kappa shape index (κ3) is 4.95. The number of pyridine rings is 1. The molecule has 1 aromatic rings. The van der Waals surface area contributed by atoms with Crippen LogP contribution in [-0.4, -0.2) is 18.1 Å². The van der Waals surface area contributed by atoms with Crippen LogP contribution in [0.1, 0.15) is 45.1 Å².